The monoisotopic (exact) mass is 701 g/mol. The van der Waals surface area contributed by atoms with Gasteiger partial charge in [0.25, 0.3) is 5.91 Å². The third-order valence-electron chi connectivity index (χ3n) is 7.79. The van der Waals surface area contributed by atoms with Crippen molar-refractivity contribution in [3.8, 4) is 0 Å². The van der Waals surface area contributed by atoms with Gasteiger partial charge in [-0.05, 0) is 31.7 Å². The summed E-state index contributed by atoms with van der Waals surface area (Å²) in [5.41, 5.74) is 23.6. The predicted molar refractivity (Wildman–Crippen MR) is 179 cm³/mol. The van der Waals surface area contributed by atoms with E-state index < -0.39 is 103 Å². The number of aliphatic hydroxyl groups excluding tert-OH is 1. The first kappa shape index (κ1) is 41.5. The van der Waals surface area contributed by atoms with Gasteiger partial charge in [-0.3, -0.25) is 44.2 Å². The van der Waals surface area contributed by atoms with E-state index in [-0.39, 0.29) is 32.1 Å². The number of aldehydes is 1. The second-order valence-electron chi connectivity index (χ2n) is 11.7. The highest BCUT2D eigenvalue weighted by Crippen LogP contribution is 2.13. The summed E-state index contributed by atoms with van der Waals surface area (Å²) in [5.74, 6) is -6.29. The van der Waals surface area contributed by atoms with Crippen LogP contribution in [0.5, 0.6) is 0 Å². The Morgan fingerprint density at radius 3 is 2.38 bits per heavy atom. The lowest BCUT2D eigenvalue weighted by Crippen LogP contribution is -2.65. The zero-order chi connectivity index (χ0) is 37.4. The van der Waals surface area contributed by atoms with Crippen LogP contribution in [0.4, 0.5) is 0 Å². The third-order valence-corrected chi connectivity index (χ3v) is 7.79. The number of hydrogen-bond donors (Lipinski definition) is 9. The van der Waals surface area contributed by atoms with Gasteiger partial charge in [0.15, 0.2) is 23.4 Å². The number of allylic oxidation sites excluding steroid dienone is 1. The minimum absolute atomic E-state index is 0.00329. The number of hydrogen-bond acceptors (Lipinski definition) is 14. The largest absolute Gasteiger partial charge is 0.391 e. The van der Waals surface area contributed by atoms with Crippen LogP contribution >= 0.6 is 0 Å². The number of carbonyl (C=O) groups excluding carboxylic acids is 8. The van der Waals surface area contributed by atoms with E-state index in [1.807, 2.05) is 0 Å². The van der Waals surface area contributed by atoms with Gasteiger partial charge in [0.05, 0.1) is 37.4 Å². The first-order chi connectivity index (χ1) is 23.7. The number of ketones is 3. The molecule has 1 aliphatic rings. The van der Waals surface area contributed by atoms with E-state index in [2.05, 4.69) is 21.3 Å². The molecule has 0 bridgehead atoms. The summed E-state index contributed by atoms with van der Waals surface area (Å²) < 4.78 is 0. The summed E-state index contributed by atoms with van der Waals surface area (Å²) in [6.07, 6.45) is -0.0772. The minimum atomic E-state index is -2.00. The zero-order valence-electron chi connectivity index (χ0n) is 27.8. The summed E-state index contributed by atoms with van der Waals surface area (Å²) >= 11 is 0. The Bertz CT molecular complexity index is 1410. The first-order valence-electron chi connectivity index (χ1n) is 16.0. The van der Waals surface area contributed by atoms with Gasteiger partial charge in [-0.2, -0.15) is 0 Å². The summed E-state index contributed by atoms with van der Waals surface area (Å²) in [7, 11) is 0. The van der Waals surface area contributed by atoms with Gasteiger partial charge < -0.3 is 48.4 Å². The Labute approximate surface area is 289 Å². The van der Waals surface area contributed by atoms with Crippen LogP contribution in [0.3, 0.4) is 0 Å². The Kier molecular flexibility index (Phi) is 17.2. The van der Waals surface area contributed by atoms with Crippen molar-refractivity contribution in [1.29, 1.82) is 0 Å². The van der Waals surface area contributed by atoms with Crippen LogP contribution < -0.4 is 44.2 Å². The van der Waals surface area contributed by atoms with Crippen LogP contribution in [-0.2, 0) is 44.8 Å². The molecule has 0 aromatic heterocycles. The maximum atomic E-state index is 14.3. The number of benzene rings is 1. The van der Waals surface area contributed by atoms with E-state index in [0.717, 1.165) is 4.90 Å². The molecule has 2 rings (SSSR count). The Hall–Kier alpha value is -4.72. The maximum Gasteiger partial charge on any atom is 0.251 e. The molecule has 1 heterocycles. The van der Waals surface area contributed by atoms with Crippen molar-refractivity contribution < 1.29 is 43.5 Å². The Balaban J connectivity index is 2.59. The lowest BCUT2D eigenvalue weighted by molar-refractivity contribution is -0.150. The molecule has 18 heteroatoms. The number of aliphatic hydroxyl groups is 1. The van der Waals surface area contributed by atoms with Gasteiger partial charge in [-0.1, -0.05) is 42.5 Å². The average Bonchev–Trinajstić information content (AvgIpc) is 3.07. The van der Waals surface area contributed by atoms with Crippen molar-refractivity contribution >= 4 is 47.3 Å². The van der Waals surface area contributed by atoms with Crippen molar-refractivity contribution in [3.05, 3.63) is 48.0 Å². The second kappa shape index (κ2) is 20.7. The summed E-state index contributed by atoms with van der Waals surface area (Å²) in [6, 6.07) is 0.712. The summed E-state index contributed by atoms with van der Waals surface area (Å²) in [6.45, 7) is -0.437. The molecule has 13 N–H and O–H groups in total. The van der Waals surface area contributed by atoms with Gasteiger partial charge >= 0.3 is 0 Å². The van der Waals surface area contributed by atoms with E-state index >= 15 is 0 Å². The molecular weight excluding hydrogens is 654 g/mol. The van der Waals surface area contributed by atoms with Crippen molar-refractivity contribution in [3.63, 3.8) is 0 Å². The maximum absolute atomic E-state index is 14.3. The smallest absolute Gasteiger partial charge is 0.251 e. The zero-order valence-corrected chi connectivity index (χ0v) is 27.8. The summed E-state index contributed by atoms with van der Waals surface area (Å²) in [5, 5.41) is 20.0. The fraction of sp³-hybridized carbons (Fsp3) is 0.500. The number of primary amides is 1. The van der Waals surface area contributed by atoms with Gasteiger partial charge in [-0.15, -0.1) is 0 Å². The van der Waals surface area contributed by atoms with E-state index in [0.29, 0.717) is 11.8 Å². The first-order valence-corrected chi connectivity index (χ1v) is 16.0. The van der Waals surface area contributed by atoms with Crippen LogP contribution in [0.25, 0.3) is 0 Å². The van der Waals surface area contributed by atoms with Gasteiger partial charge in [-0.25, -0.2) is 0 Å². The molecule has 1 aromatic carbocycles. The number of amides is 4. The minimum Gasteiger partial charge on any atom is -0.391 e. The van der Waals surface area contributed by atoms with Crippen molar-refractivity contribution in [2.75, 3.05) is 19.8 Å². The van der Waals surface area contributed by atoms with Crippen LogP contribution in [0.2, 0.25) is 0 Å². The highest BCUT2D eigenvalue weighted by molar-refractivity contribution is 6.14. The molecule has 0 spiro atoms. The topological polar surface area (TPSA) is 312 Å². The number of carbonyl (C=O) groups is 8. The lowest BCUT2D eigenvalue weighted by Gasteiger charge is -2.34. The van der Waals surface area contributed by atoms with E-state index in [1.165, 1.54) is 19.1 Å². The number of nitrogens with zero attached hydrogens (tertiary/aromatic N) is 1. The van der Waals surface area contributed by atoms with Gasteiger partial charge in [0.1, 0.15) is 18.5 Å². The summed E-state index contributed by atoms with van der Waals surface area (Å²) in [4.78, 5) is 105. The lowest BCUT2D eigenvalue weighted by atomic mass is 9.95. The van der Waals surface area contributed by atoms with Gasteiger partial charge in [0, 0.05) is 19.4 Å². The van der Waals surface area contributed by atoms with Crippen molar-refractivity contribution in [2.45, 2.75) is 81.5 Å². The molecule has 0 fully saturated rings. The standard InChI is InChI=1S/C32H47N9O9/c1-18(43)25(36)29(48)26-32(50)41(27(31(49)38-17-33)28(47)21(34)14-19-8-4-2-5-9-19)13-7-3-6-10-24(46)40-30(22(44)15-37-26)39-20(16-42)11-12-23(35)45/h2-5,7-9,16,18,20-21,25-27,30,37,39,43H,6,10-15,17,33-34,36H2,1H3,(H2,35,45)(H,38,49)(H,40,46)/b7-3+/t18-,20+,21-,25-,26-,27-,30?/m0/s1. The predicted octanol–water partition coefficient (Wildman–Crippen LogP) is -4.63. The van der Waals surface area contributed by atoms with Crippen molar-refractivity contribution in [2.24, 2.45) is 22.9 Å². The molecule has 1 aliphatic heterocycles. The molecule has 0 saturated heterocycles. The van der Waals surface area contributed by atoms with Gasteiger partial charge in [0.2, 0.25) is 17.7 Å². The number of rotatable bonds is 16. The van der Waals surface area contributed by atoms with Crippen LogP contribution in [0.15, 0.2) is 42.5 Å². The van der Waals surface area contributed by atoms with Crippen LogP contribution in [-0.4, -0.2) is 120 Å². The molecule has 0 saturated carbocycles. The SMILES string of the molecule is C[C@H](O)[C@H](N)C(=O)[C@@H]1NCC(=O)C(N[C@@H](C=O)CCC(N)=O)NC(=O)CC/C=C/CN([C@H](C(=O)NCN)C(=O)[C@@H](N)Cc2ccccc2)C1=O. The highest BCUT2D eigenvalue weighted by atomic mass is 16.3. The number of nitrogens with one attached hydrogen (secondary N) is 4. The Morgan fingerprint density at radius 2 is 1.78 bits per heavy atom. The Morgan fingerprint density at radius 1 is 1.10 bits per heavy atom. The normalized spacial score (nSPS) is 21.4. The molecule has 1 unspecified atom stereocenters. The number of Topliss-reactive ketones (excluding diaryl/α,β-unsaturated/α-hetero) is 3. The second-order valence-corrected chi connectivity index (χ2v) is 11.7. The molecular formula is C32H47N9O9. The van der Waals surface area contributed by atoms with E-state index in [4.69, 9.17) is 22.9 Å². The molecule has 0 radical (unpaired) electrons. The van der Waals surface area contributed by atoms with E-state index in [9.17, 15) is 43.5 Å². The fourth-order valence-electron chi connectivity index (χ4n) is 5.00. The molecule has 7 atom stereocenters. The third kappa shape index (κ3) is 12.6. The fourth-order valence-corrected chi connectivity index (χ4v) is 5.00. The highest BCUT2D eigenvalue weighted by Gasteiger charge is 2.43. The van der Waals surface area contributed by atoms with E-state index in [1.54, 1.807) is 30.3 Å². The molecule has 4 amide bonds. The van der Waals surface area contributed by atoms with Crippen LogP contribution in [0, 0.1) is 0 Å². The molecule has 1 aromatic rings. The molecule has 274 valence electrons. The van der Waals surface area contributed by atoms with Crippen molar-refractivity contribution in [1.82, 2.24) is 26.2 Å². The molecule has 0 aliphatic carbocycles. The average molecular weight is 702 g/mol. The molecule has 18 nitrogen and oxygen atoms in total. The number of nitrogens with two attached hydrogens (primary N) is 4. The van der Waals surface area contributed by atoms with Crippen LogP contribution in [0.1, 0.15) is 38.2 Å². The molecule has 50 heavy (non-hydrogen) atoms. The quantitative estimate of drug-likeness (QED) is 0.0339.